The Labute approximate surface area is 78.6 Å². The average molecular weight is 182 g/mol. The Kier molecular flexibility index (Phi) is 3.12. The highest BCUT2D eigenvalue weighted by molar-refractivity contribution is 7.80. The first-order valence-corrected chi connectivity index (χ1v) is 4.51. The minimum atomic E-state index is 0.0826. The molecule has 0 aromatic carbocycles. The molecule has 1 rings (SSSR count). The normalized spacial score (nSPS) is 13.0. The van der Waals surface area contributed by atoms with Gasteiger partial charge in [0, 0.05) is 17.1 Å². The molecule has 1 atom stereocenters. The lowest BCUT2D eigenvalue weighted by Gasteiger charge is -2.12. The third-order valence-corrected chi connectivity index (χ3v) is 2.56. The fourth-order valence-electron chi connectivity index (χ4n) is 1.10. The highest BCUT2D eigenvalue weighted by Crippen LogP contribution is 2.22. The Morgan fingerprint density at radius 1 is 1.67 bits per heavy atom. The van der Waals surface area contributed by atoms with Gasteiger partial charge in [0.15, 0.2) is 0 Å². The Bertz CT molecular complexity index is 273. The lowest BCUT2D eigenvalue weighted by Crippen LogP contribution is -2.10. The van der Waals surface area contributed by atoms with Gasteiger partial charge >= 0.3 is 0 Å². The summed E-state index contributed by atoms with van der Waals surface area (Å²) in [6.45, 7) is 4.00. The Morgan fingerprint density at radius 2 is 2.33 bits per heavy atom. The van der Waals surface area contributed by atoms with E-state index in [-0.39, 0.29) is 6.04 Å². The third kappa shape index (κ3) is 1.79. The molecular weight excluding hydrogens is 168 g/mol. The maximum atomic E-state index is 5.89. The van der Waals surface area contributed by atoms with Gasteiger partial charge in [0.1, 0.15) is 0 Å². The molecular formula is C9H14N2S. The van der Waals surface area contributed by atoms with Crippen molar-refractivity contribution in [2.75, 3.05) is 0 Å². The number of aromatic nitrogens is 1. The number of pyridine rings is 1. The SMILES string of the molecule is CC[C@H](N)c1ccnc(C)c1S. The Hall–Kier alpha value is -0.540. The number of rotatable bonds is 2. The molecule has 0 saturated heterocycles. The fraction of sp³-hybridized carbons (Fsp3) is 0.444. The second kappa shape index (κ2) is 3.92. The van der Waals surface area contributed by atoms with Gasteiger partial charge in [0.25, 0.3) is 0 Å². The maximum Gasteiger partial charge on any atom is 0.0509 e. The van der Waals surface area contributed by atoms with Crippen molar-refractivity contribution in [3.05, 3.63) is 23.5 Å². The van der Waals surface area contributed by atoms with E-state index in [0.717, 1.165) is 22.6 Å². The Balaban J connectivity index is 3.07. The first-order chi connectivity index (χ1) is 5.66. The summed E-state index contributed by atoms with van der Waals surface area (Å²) < 4.78 is 0. The van der Waals surface area contributed by atoms with Crippen LogP contribution in [0.2, 0.25) is 0 Å². The molecule has 0 spiro atoms. The molecule has 1 aromatic rings. The van der Waals surface area contributed by atoms with E-state index in [0.29, 0.717) is 0 Å². The minimum Gasteiger partial charge on any atom is -0.324 e. The summed E-state index contributed by atoms with van der Waals surface area (Å²) in [6.07, 6.45) is 2.71. The molecule has 2 nitrogen and oxygen atoms in total. The predicted octanol–water partition coefficient (Wildman–Crippen LogP) is 2.09. The number of hydrogen-bond donors (Lipinski definition) is 2. The smallest absolute Gasteiger partial charge is 0.0509 e. The fourth-order valence-corrected chi connectivity index (χ4v) is 1.40. The van der Waals surface area contributed by atoms with E-state index in [9.17, 15) is 0 Å². The third-order valence-electron chi connectivity index (χ3n) is 1.98. The molecule has 0 amide bonds. The molecule has 66 valence electrons. The van der Waals surface area contributed by atoms with Gasteiger partial charge < -0.3 is 5.73 Å². The molecule has 0 aliphatic carbocycles. The van der Waals surface area contributed by atoms with Crippen LogP contribution in [-0.4, -0.2) is 4.98 Å². The van der Waals surface area contributed by atoms with Crippen LogP contribution in [0.15, 0.2) is 17.2 Å². The summed E-state index contributed by atoms with van der Waals surface area (Å²) in [5.74, 6) is 0. The first-order valence-electron chi connectivity index (χ1n) is 4.06. The highest BCUT2D eigenvalue weighted by atomic mass is 32.1. The largest absolute Gasteiger partial charge is 0.324 e. The summed E-state index contributed by atoms with van der Waals surface area (Å²) in [6, 6.07) is 2.02. The van der Waals surface area contributed by atoms with Crippen molar-refractivity contribution >= 4 is 12.6 Å². The lowest BCUT2D eigenvalue weighted by molar-refractivity contribution is 0.681. The van der Waals surface area contributed by atoms with Crippen LogP contribution in [0.1, 0.15) is 30.6 Å². The van der Waals surface area contributed by atoms with Gasteiger partial charge in [-0.05, 0) is 25.0 Å². The first kappa shape index (κ1) is 9.55. The zero-order chi connectivity index (χ0) is 9.14. The Morgan fingerprint density at radius 3 is 2.92 bits per heavy atom. The second-order valence-corrected chi connectivity index (χ2v) is 3.30. The monoisotopic (exact) mass is 182 g/mol. The van der Waals surface area contributed by atoms with Crippen LogP contribution < -0.4 is 5.73 Å². The molecule has 0 unspecified atom stereocenters. The van der Waals surface area contributed by atoms with Gasteiger partial charge in [-0.1, -0.05) is 6.92 Å². The van der Waals surface area contributed by atoms with E-state index in [2.05, 4.69) is 24.5 Å². The second-order valence-electron chi connectivity index (χ2n) is 2.85. The van der Waals surface area contributed by atoms with Crippen LogP contribution in [0.4, 0.5) is 0 Å². The van der Waals surface area contributed by atoms with Gasteiger partial charge in [-0.2, -0.15) is 0 Å². The highest BCUT2D eigenvalue weighted by Gasteiger charge is 2.08. The van der Waals surface area contributed by atoms with Crippen LogP contribution in [0, 0.1) is 6.92 Å². The summed E-state index contributed by atoms with van der Waals surface area (Å²) >= 11 is 4.36. The topological polar surface area (TPSA) is 38.9 Å². The van der Waals surface area contributed by atoms with E-state index in [4.69, 9.17) is 5.73 Å². The molecule has 0 saturated carbocycles. The van der Waals surface area contributed by atoms with Gasteiger partial charge in [0.05, 0.1) is 5.69 Å². The molecule has 2 N–H and O–H groups in total. The standard InChI is InChI=1S/C9H14N2S/c1-3-8(10)7-4-5-11-6(2)9(7)12/h4-5,8,12H,3,10H2,1-2H3/t8-/m0/s1. The molecule has 0 aliphatic rings. The molecule has 0 radical (unpaired) electrons. The number of nitrogens with two attached hydrogens (primary N) is 1. The van der Waals surface area contributed by atoms with Crippen molar-refractivity contribution in [3.63, 3.8) is 0 Å². The van der Waals surface area contributed by atoms with Gasteiger partial charge in [-0.3, -0.25) is 4.98 Å². The van der Waals surface area contributed by atoms with E-state index in [1.165, 1.54) is 0 Å². The van der Waals surface area contributed by atoms with Crippen molar-refractivity contribution in [1.82, 2.24) is 4.98 Å². The van der Waals surface area contributed by atoms with Crippen molar-refractivity contribution in [1.29, 1.82) is 0 Å². The zero-order valence-electron chi connectivity index (χ0n) is 7.41. The van der Waals surface area contributed by atoms with Crippen molar-refractivity contribution in [2.24, 2.45) is 5.73 Å². The molecule has 3 heteroatoms. The van der Waals surface area contributed by atoms with Crippen molar-refractivity contribution in [2.45, 2.75) is 31.2 Å². The number of aryl methyl sites for hydroxylation is 1. The van der Waals surface area contributed by atoms with E-state index in [1.807, 2.05) is 13.0 Å². The van der Waals surface area contributed by atoms with Crippen LogP contribution >= 0.6 is 12.6 Å². The molecule has 12 heavy (non-hydrogen) atoms. The van der Waals surface area contributed by atoms with Crippen LogP contribution in [-0.2, 0) is 0 Å². The summed E-state index contributed by atoms with van der Waals surface area (Å²) in [7, 11) is 0. The quantitative estimate of drug-likeness (QED) is 0.687. The molecule has 0 fully saturated rings. The van der Waals surface area contributed by atoms with Crippen LogP contribution in [0.25, 0.3) is 0 Å². The van der Waals surface area contributed by atoms with Crippen LogP contribution in [0.3, 0.4) is 0 Å². The predicted molar refractivity (Wildman–Crippen MR) is 53.4 cm³/mol. The van der Waals surface area contributed by atoms with E-state index >= 15 is 0 Å². The average Bonchev–Trinajstić information content (AvgIpc) is 2.08. The van der Waals surface area contributed by atoms with Crippen molar-refractivity contribution < 1.29 is 0 Å². The molecule has 1 heterocycles. The van der Waals surface area contributed by atoms with E-state index in [1.54, 1.807) is 6.20 Å². The zero-order valence-corrected chi connectivity index (χ0v) is 8.31. The van der Waals surface area contributed by atoms with Gasteiger partial charge in [-0.25, -0.2) is 0 Å². The number of thiol groups is 1. The number of hydrogen-bond acceptors (Lipinski definition) is 3. The number of nitrogens with zero attached hydrogens (tertiary/aromatic N) is 1. The summed E-state index contributed by atoms with van der Waals surface area (Å²) in [5.41, 5.74) is 7.92. The maximum absolute atomic E-state index is 5.89. The molecule has 0 aliphatic heterocycles. The minimum absolute atomic E-state index is 0.0826. The lowest BCUT2D eigenvalue weighted by atomic mass is 10.1. The molecule has 1 aromatic heterocycles. The molecule has 0 bridgehead atoms. The van der Waals surface area contributed by atoms with Gasteiger partial charge in [-0.15, -0.1) is 12.6 Å². The van der Waals surface area contributed by atoms with Crippen LogP contribution in [0.5, 0.6) is 0 Å². The summed E-state index contributed by atoms with van der Waals surface area (Å²) in [4.78, 5) is 5.05. The van der Waals surface area contributed by atoms with Gasteiger partial charge in [0.2, 0.25) is 0 Å². The van der Waals surface area contributed by atoms with E-state index < -0.39 is 0 Å². The van der Waals surface area contributed by atoms with Crippen molar-refractivity contribution in [3.8, 4) is 0 Å². The summed E-state index contributed by atoms with van der Waals surface area (Å²) in [5, 5.41) is 0.